The number of hydrogen-bond acceptors (Lipinski definition) is 10. The average Bonchev–Trinajstić information content (AvgIpc) is 3.84. The van der Waals surface area contributed by atoms with E-state index in [1.165, 1.54) is 18.2 Å². The number of ether oxygens (including phenoxy) is 1. The van der Waals surface area contributed by atoms with Gasteiger partial charge >= 0.3 is 6.01 Å². The molecule has 3 aliphatic heterocycles. The number of alkyl halides is 1. The molecule has 14 heteroatoms. The molecular formula is C34H35ClF2N8O2S. The number of likely N-dealkylation sites (N-methyl/N-ethyl adjacent to an activating group) is 1. The third-order valence-corrected chi connectivity index (χ3v) is 11.7. The van der Waals surface area contributed by atoms with E-state index in [9.17, 15) is 18.8 Å². The van der Waals surface area contributed by atoms with E-state index in [0.717, 1.165) is 37.1 Å². The number of thiophene rings is 1. The predicted molar refractivity (Wildman–Crippen MR) is 184 cm³/mol. The lowest BCUT2D eigenvalue weighted by Gasteiger charge is -2.34. The fraction of sp³-hybridized carbons (Fsp3) is 0.441. The van der Waals surface area contributed by atoms with E-state index in [-0.39, 0.29) is 50.9 Å². The van der Waals surface area contributed by atoms with Crippen molar-refractivity contribution < 1.29 is 18.3 Å². The summed E-state index contributed by atoms with van der Waals surface area (Å²) in [7, 11) is 1.92. The minimum absolute atomic E-state index is 0.0822. The molecule has 0 aliphatic carbocycles. The second kappa shape index (κ2) is 12.4. The second-order valence-electron chi connectivity index (χ2n) is 12.8. The summed E-state index contributed by atoms with van der Waals surface area (Å²) in [6.07, 6.45) is 5.64. The number of fused-ring (bicyclic) bond motifs is 3. The van der Waals surface area contributed by atoms with Crippen LogP contribution in [0.1, 0.15) is 44.6 Å². The molecule has 0 radical (unpaired) electrons. The van der Waals surface area contributed by atoms with E-state index in [1.807, 2.05) is 23.8 Å². The minimum atomic E-state index is -0.914. The van der Waals surface area contributed by atoms with Gasteiger partial charge in [-0.2, -0.15) is 15.2 Å². The molecular weight excluding hydrogens is 658 g/mol. The highest BCUT2D eigenvalue weighted by Crippen LogP contribution is 2.45. The number of aromatic nitrogens is 3. The van der Waals surface area contributed by atoms with Crippen molar-refractivity contribution in [3.63, 3.8) is 0 Å². The van der Waals surface area contributed by atoms with Crippen molar-refractivity contribution in [2.75, 3.05) is 43.9 Å². The molecule has 4 aromatic rings. The van der Waals surface area contributed by atoms with Gasteiger partial charge < -0.3 is 20.3 Å². The number of halogens is 3. The first-order valence-electron chi connectivity index (χ1n) is 16.1. The summed E-state index contributed by atoms with van der Waals surface area (Å²) in [4.78, 5) is 33.1. The zero-order chi connectivity index (χ0) is 33.9. The van der Waals surface area contributed by atoms with Crippen LogP contribution in [0.25, 0.3) is 32.2 Å². The number of benzene rings is 1. The van der Waals surface area contributed by atoms with Crippen LogP contribution in [0.15, 0.2) is 31.0 Å². The van der Waals surface area contributed by atoms with Gasteiger partial charge in [0.2, 0.25) is 5.91 Å². The van der Waals surface area contributed by atoms with Crippen LogP contribution in [-0.2, 0) is 4.79 Å². The lowest BCUT2D eigenvalue weighted by atomic mass is 9.95. The number of carbonyl (C=O) groups is 1. The Morgan fingerprint density at radius 2 is 2.19 bits per heavy atom. The summed E-state index contributed by atoms with van der Waals surface area (Å²) < 4.78 is 36.0. The molecule has 10 nitrogen and oxygen atoms in total. The summed E-state index contributed by atoms with van der Waals surface area (Å²) >= 11 is 8.14. The first kappa shape index (κ1) is 32.4. The highest BCUT2D eigenvalue weighted by molar-refractivity contribution is 7.23. The summed E-state index contributed by atoms with van der Waals surface area (Å²) in [6.45, 7) is 7.72. The zero-order valence-corrected chi connectivity index (χ0v) is 28.3. The maximum atomic E-state index is 14.9. The molecule has 250 valence electrons. The van der Waals surface area contributed by atoms with Gasteiger partial charge in [-0.25, -0.2) is 8.78 Å². The number of pyridine rings is 1. The van der Waals surface area contributed by atoms with Gasteiger partial charge in [-0.3, -0.25) is 14.7 Å². The maximum absolute atomic E-state index is 14.9. The van der Waals surface area contributed by atoms with Crippen LogP contribution in [-0.4, -0.2) is 87.7 Å². The Balaban J connectivity index is 1.36. The minimum Gasteiger partial charge on any atom is -0.461 e. The third kappa shape index (κ3) is 5.12. The lowest BCUT2D eigenvalue weighted by molar-refractivity contribution is -0.126. The van der Waals surface area contributed by atoms with Crippen LogP contribution < -0.4 is 15.4 Å². The van der Waals surface area contributed by atoms with E-state index in [4.69, 9.17) is 37.0 Å². The molecule has 0 spiro atoms. The number of nitrogen functional groups attached to an aromatic ring is 1. The average molecular weight is 693 g/mol. The molecule has 3 saturated heterocycles. The molecule has 7 rings (SSSR count). The number of carbonyl (C=O) groups excluding carboxylic acids is 1. The van der Waals surface area contributed by atoms with Crippen molar-refractivity contribution in [2.45, 2.75) is 62.8 Å². The normalized spacial score (nSPS) is 23.9. The van der Waals surface area contributed by atoms with Crippen LogP contribution in [0, 0.1) is 17.1 Å². The smallest absolute Gasteiger partial charge is 0.319 e. The molecule has 3 fully saturated rings. The SMILES string of the molecule is C=CC(=O)N1CCC(N(C)c2nc(OC[C@@]34CCCN3C[C@H](F)C4)nc3c(Cl)c(-c4ccc(F)c5sc(N)c(C#N)c45)ncc23)C1CC. The van der Waals surface area contributed by atoms with Gasteiger partial charge in [0.1, 0.15) is 41.0 Å². The van der Waals surface area contributed by atoms with E-state index in [2.05, 4.69) is 17.5 Å². The molecule has 1 amide bonds. The Labute approximate surface area is 285 Å². The zero-order valence-electron chi connectivity index (χ0n) is 26.7. The highest BCUT2D eigenvalue weighted by atomic mass is 35.5. The topological polar surface area (TPSA) is 125 Å². The Hall–Kier alpha value is -4.12. The van der Waals surface area contributed by atoms with Gasteiger partial charge in [0.25, 0.3) is 0 Å². The Morgan fingerprint density at radius 3 is 2.94 bits per heavy atom. The highest BCUT2D eigenvalue weighted by Gasteiger charge is 2.49. The number of rotatable bonds is 8. The monoisotopic (exact) mass is 692 g/mol. The van der Waals surface area contributed by atoms with Crippen LogP contribution in [0.3, 0.4) is 0 Å². The van der Waals surface area contributed by atoms with Gasteiger partial charge in [0, 0.05) is 43.7 Å². The summed E-state index contributed by atoms with van der Waals surface area (Å²) in [6, 6.07) is 4.84. The molecule has 48 heavy (non-hydrogen) atoms. The maximum Gasteiger partial charge on any atom is 0.319 e. The number of anilines is 2. The Bertz CT molecular complexity index is 2000. The molecule has 4 atom stereocenters. The quantitative estimate of drug-likeness (QED) is 0.218. The molecule has 1 aromatic carbocycles. The fourth-order valence-corrected chi connectivity index (χ4v) is 9.26. The first-order valence-corrected chi connectivity index (χ1v) is 17.2. The number of amides is 1. The number of nitrogens with zero attached hydrogens (tertiary/aromatic N) is 7. The fourth-order valence-electron chi connectivity index (χ4n) is 8.02. The Kier molecular flexibility index (Phi) is 8.38. The van der Waals surface area contributed by atoms with E-state index in [1.54, 1.807) is 6.20 Å². The molecule has 6 heterocycles. The van der Waals surface area contributed by atoms with Crippen molar-refractivity contribution >= 4 is 60.7 Å². The molecule has 3 aliphatic rings. The predicted octanol–water partition coefficient (Wildman–Crippen LogP) is 6.11. The van der Waals surface area contributed by atoms with Crippen LogP contribution in [0.2, 0.25) is 5.02 Å². The molecule has 2 N–H and O–H groups in total. The van der Waals surface area contributed by atoms with Crippen molar-refractivity contribution in [1.82, 2.24) is 24.8 Å². The van der Waals surface area contributed by atoms with Crippen LogP contribution in [0.4, 0.5) is 19.6 Å². The van der Waals surface area contributed by atoms with Crippen LogP contribution in [0.5, 0.6) is 6.01 Å². The summed E-state index contributed by atoms with van der Waals surface area (Å²) in [5.41, 5.74) is 6.94. The van der Waals surface area contributed by atoms with Crippen molar-refractivity contribution in [1.29, 1.82) is 5.26 Å². The largest absolute Gasteiger partial charge is 0.461 e. The van der Waals surface area contributed by atoms with E-state index < -0.39 is 17.5 Å². The number of hydrogen-bond donors (Lipinski definition) is 1. The van der Waals surface area contributed by atoms with Crippen molar-refractivity contribution in [3.05, 3.63) is 47.4 Å². The first-order chi connectivity index (χ1) is 23.1. The van der Waals surface area contributed by atoms with E-state index >= 15 is 0 Å². The number of nitriles is 1. The van der Waals surface area contributed by atoms with Gasteiger partial charge in [-0.05, 0) is 50.4 Å². The van der Waals surface area contributed by atoms with Crippen LogP contribution >= 0.6 is 22.9 Å². The van der Waals surface area contributed by atoms with Crippen molar-refractivity contribution in [3.8, 4) is 23.3 Å². The second-order valence-corrected chi connectivity index (χ2v) is 14.2. The van der Waals surface area contributed by atoms with Gasteiger partial charge in [0.15, 0.2) is 0 Å². The standard InChI is InChI=1S/C34H35ClF2N8O2S/c1-4-23-24(9-12-45(23)25(46)5-2)43(3)32-21-15-40-28(19-7-8-22(37)30-26(19)20(14-38)31(39)48-30)27(35)29(21)41-33(42-32)47-17-34-10-6-11-44(34)16-18(36)13-34/h5,7-8,15,18,23-24H,2,4,6,9-13,16-17,39H2,1,3H3/t18-,23?,24?,34+/m1/s1. The van der Waals surface area contributed by atoms with Gasteiger partial charge in [-0.1, -0.05) is 25.1 Å². The number of nitrogens with two attached hydrogens (primary N) is 1. The molecule has 0 saturated carbocycles. The lowest BCUT2D eigenvalue weighted by Crippen LogP contribution is -2.45. The van der Waals surface area contributed by atoms with E-state index in [0.29, 0.717) is 59.3 Å². The summed E-state index contributed by atoms with van der Waals surface area (Å²) in [5.74, 6) is -0.104. The van der Waals surface area contributed by atoms with Crippen molar-refractivity contribution in [2.24, 2.45) is 0 Å². The van der Waals surface area contributed by atoms with Gasteiger partial charge in [-0.15, -0.1) is 11.3 Å². The van der Waals surface area contributed by atoms with Gasteiger partial charge in [0.05, 0.1) is 44.0 Å². The molecule has 0 bridgehead atoms. The Morgan fingerprint density at radius 1 is 1.38 bits per heavy atom. The summed E-state index contributed by atoms with van der Waals surface area (Å²) in [5, 5.41) is 11.1. The molecule has 2 unspecified atom stereocenters. The third-order valence-electron chi connectivity index (χ3n) is 10.3. The number of likely N-dealkylation sites (tertiary alicyclic amines) is 1. The molecule has 3 aromatic heterocycles.